The van der Waals surface area contributed by atoms with Crippen LogP contribution in [0.2, 0.25) is 0 Å². The third kappa shape index (κ3) is 6.45. The lowest BCUT2D eigenvalue weighted by molar-refractivity contribution is 0.00703. The number of aryl methyl sites for hydroxylation is 2. The maximum Gasteiger partial charge on any atom is 0.339 e. The van der Waals surface area contributed by atoms with E-state index in [4.69, 9.17) is 4.74 Å². The zero-order chi connectivity index (χ0) is 31.8. The quantitative estimate of drug-likeness (QED) is 0.193. The van der Waals surface area contributed by atoms with Crippen LogP contribution < -0.4 is 5.32 Å². The predicted octanol–water partition coefficient (Wildman–Crippen LogP) is 8.87. The lowest BCUT2D eigenvalue weighted by Crippen LogP contribution is -2.27. The largest absolute Gasteiger partial charge is 0.456 e. The molecule has 0 unspecified atom stereocenters. The van der Waals surface area contributed by atoms with Gasteiger partial charge in [0.05, 0.1) is 11.6 Å². The summed E-state index contributed by atoms with van der Waals surface area (Å²) in [7, 11) is 0. The second kappa shape index (κ2) is 12.1. The van der Waals surface area contributed by atoms with Crippen LogP contribution in [0.25, 0.3) is 22.0 Å². The molecule has 1 atom stereocenters. The fourth-order valence-electron chi connectivity index (χ4n) is 5.55. The Morgan fingerprint density at radius 3 is 2.30 bits per heavy atom. The molecule has 44 heavy (non-hydrogen) atoms. The summed E-state index contributed by atoms with van der Waals surface area (Å²) in [5, 5.41) is 3.95. The van der Waals surface area contributed by atoms with Gasteiger partial charge in [-0.3, -0.25) is 4.79 Å². The Kier molecular flexibility index (Phi) is 8.46. The summed E-state index contributed by atoms with van der Waals surface area (Å²) in [6, 6.07) is 26.0. The van der Waals surface area contributed by atoms with Gasteiger partial charge in [-0.2, -0.15) is 0 Å². The molecule has 4 aromatic carbocycles. The van der Waals surface area contributed by atoms with Crippen LogP contribution in [0.3, 0.4) is 0 Å². The maximum absolute atomic E-state index is 14.5. The van der Waals surface area contributed by atoms with E-state index >= 15 is 0 Å². The molecule has 226 valence electrons. The maximum atomic E-state index is 14.5. The van der Waals surface area contributed by atoms with E-state index in [-0.39, 0.29) is 17.7 Å². The molecule has 6 heteroatoms. The molecule has 0 radical (unpaired) electrons. The summed E-state index contributed by atoms with van der Waals surface area (Å²) in [5.74, 6) is -0.907. The number of fused-ring (bicyclic) bond motifs is 1. The van der Waals surface area contributed by atoms with Gasteiger partial charge in [-0.15, -0.1) is 0 Å². The highest BCUT2D eigenvalue weighted by molar-refractivity contribution is 5.99. The smallest absolute Gasteiger partial charge is 0.339 e. The number of hydrogen-bond acceptors (Lipinski definition) is 3. The molecule has 0 saturated carbocycles. The number of benzene rings is 4. The van der Waals surface area contributed by atoms with Crippen LogP contribution in [0, 0.1) is 26.6 Å². The SMILES string of the molecule is Cc1ccc([C@H](C)NC(=O)c2ccc3c(c2)c(C)c(C)n3Cc2ccc(-c3ccccc3C(=O)OC(C)(C)C)cc2)c(F)c1. The Morgan fingerprint density at radius 2 is 1.61 bits per heavy atom. The lowest BCUT2D eigenvalue weighted by atomic mass is 9.98. The normalized spacial score (nSPS) is 12.3. The third-order valence-corrected chi connectivity index (χ3v) is 8.02. The van der Waals surface area contributed by atoms with E-state index in [1.54, 1.807) is 19.1 Å². The van der Waals surface area contributed by atoms with Crippen LogP contribution in [0.1, 0.15) is 82.4 Å². The zero-order valence-corrected chi connectivity index (χ0v) is 26.4. The second-order valence-corrected chi connectivity index (χ2v) is 12.5. The molecule has 0 aliphatic carbocycles. The van der Waals surface area contributed by atoms with E-state index in [1.165, 1.54) is 6.07 Å². The summed E-state index contributed by atoms with van der Waals surface area (Å²) in [6.07, 6.45) is 0. The molecule has 0 bridgehead atoms. The molecule has 0 aliphatic heterocycles. The van der Waals surface area contributed by atoms with Crippen LogP contribution >= 0.6 is 0 Å². The van der Waals surface area contributed by atoms with Crippen LogP contribution in [0.4, 0.5) is 4.39 Å². The van der Waals surface area contributed by atoms with Crippen molar-refractivity contribution >= 4 is 22.8 Å². The molecule has 0 fully saturated rings. The molecule has 1 heterocycles. The number of nitrogens with one attached hydrogen (secondary N) is 1. The van der Waals surface area contributed by atoms with Gasteiger partial charge in [-0.05, 0) is 107 Å². The van der Waals surface area contributed by atoms with Crippen LogP contribution in [-0.4, -0.2) is 22.0 Å². The number of carbonyl (C=O) groups excluding carboxylic acids is 2. The molecule has 1 N–H and O–H groups in total. The Labute approximate surface area is 258 Å². The number of rotatable bonds is 7. The van der Waals surface area contributed by atoms with Gasteiger partial charge in [0.2, 0.25) is 0 Å². The minimum Gasteiger partial charge on any atom is -0.456 e. The molecular formula is C38H39FN2O3. The summed E-state index contributed by atoms with van der Waals surface area (Å²) < 4.78 is 22.4. The van der Waals surface area contributed by atoms with Crippen molar-refractivity contribution in [3.05, 3.63) is 130 Å². The monoisotopic (exact) mass is 590 g/mol. The first-order chi connectivity index (χ1) is 20.8. The number of hydrogen-bond donors (Lipinski definition) is 1. The minimum atomic E-state index is -0.576. The summed E-state index contributed by atoms with van der Waals surface area (Å²) in [5.41, 5.74) is 7.93. The van der Waals surface area contributed by atoms with Crippen molar-refractivity contribution in [1.82, 2.24) is 9.88 Å². The molecule has 0 spiro atoms. The van der Waals surface area contributed by atoms with Gasteiger partial charge in [-0.1, -0.05) is 54.6 Å². The molecule has 0 saturated heterocycles. The highest BCUT2D eigenvalue weighted by atomic mass is 19.1. The Morgan fingerprint density at radius 1 is 0.909 bits per heavy atom. The van der Waals surface area contributed by atoms with Crippen molar-refractivity contribution in [3.63, 3.8) is 0 Å². The van der Waals surface area contributed by atoms with Crippen molar-refractivity contribution in [2.45, 2.75) is 66.7 Å². The van der Waals surface area contributed by atoms with E-state index in [0.29, 0.717) is 23.2 Å². The lowest BCUT2D eigenvalue weighted by Gasteiger charge is -2.20. The first kappa shape index (κ1) is 30.7. The van der Waals surface area contributed by atoms with E-state index in [9.17, 15) is 14.0 Å². The van der Waals surface area contributed by atoms with Gasteiger partial charge >= 0.3 is 5.97 Å². The molecule has 1 aromatic heterocycles. The van der Waals surface area contributed by atoms with Crippen molar-refractivity contribution in [2.75, 3.05) is 0 Å². The van der Waals surface area contributed by atoms with Crippen molar-refractivity contribution in [1.29, 1.82) is 0 Å². The van der Waals surface area contributed by atoms with Crippen molar-refractivity contribution in [2.24, 2.45) is 0 Å². The molecule has 5 aromatic rings. The first-order valence-electron chi connectivity index (χ1n) is 14.9. The molecular weight excluding hydrogens is 551 g/mol. The standard InChI is InChI=1S/C38H39FN2O3/c1-23-12-18-30(34(39)20-23)25(3)40-36(42)29-17-19-35-33(21-29)24(2)26(4)41(35)22-27-13-15-28(16-14-27)31-10-8-9-11-32(31)37(43)44-38(5,6)7/h8-21,25H,22H2,1-7H3,(H,40,42)/t25-/m0/s1. The van der Waals surface area contributed by atoms with Gasteiger partial charge in [-0.25, -0.2) is 9.18 Å². The molecule has 5 rings (SSSR count). The fourth-order valence-corrected chi connectivity index (χ4v) is 5.55. The number of esters is 1. The molecule has 0 aliphatic rings. The average Bonchev–Trinajstić information content (AvgIpc) is 3.20. The second-order valence-electron chi connectivity index (χ2n) is 12.5. The minimum absolute atomic E-state index is 0.244. The van der Waals surface area contributed by atoms with Crippen molar-refractivity contribution in [3.8, 4) is 11.1 Å². The molecule has 1 amide bonds. The van der Waals surface area contributed by atoms with Gasteiger partial charge < -0.3 is 14.6 Å². The number of aromatic nitrogens is 1. The van der Waals surface area contributed by atoms with Gasteiger partial charge in [0.15, 0.2) is 0 Å². The molecule has 5 nitrogen and oxygen atoms in total. The van der Waals surface area contributed by atoms with Crippen LogP contribution in [0.15, 0.2) is 84.9 Å². The van der Waals surface area contributed by atoms with Gasteiger partial charge in [0, 0.05) is 34.3 Å². The zero-order valence-electron chi connectivity index (χ0n) is 26.4. The van der Waals surface area contributed by atoms with E-state index < -0.39 is 11.6 Å². The number of carbonyl (C=O) groups is 2. The van der Waals surface area contributed by atoms with Crippen LogP contribution in [-0.2, 0) is 11.3 Å². The average molecular weight is 591 g/mol. The fraction of sp³-hybridized carbons (Fsp3) is 0.263. The highest BCUT2D eigenvalue weighted by Gasteiger charge is 2.21. The Bertz CT molecular complexity index is 1860. The topological polar surface area (TPSA) is 60.3 Å². The highest BCUT2D eigenvalue weighted by Crippen LogP contribution is 2.30. The number of ether oxygens (including phenoxy) is 1. The Hall–Kier alpha value is -4.71. The van der Waals surface area contributed by atoms with E-state index in [0.717, 1.165) is 44.4 Å². The van der Waals surface area contributed by atoms with Crippen LogP contribution in [0.5, 0.6) is 0 Å². The number of nitrogens with zero attached hydrogens (tertiary/aromatic N) is 1. The first-order valence-corrected chi connectivity index (χ1v) is 14.9. The van der Waals surface area contributed by atoms with E-state index in [1.807, 2.05) is 82.3 Å². The van der Waals surface area contributed by atoms with Crippen molar-refractivity contribution < 1.29 is 18.7 Å². The number of halogens is 1. The summed E-state index contributed by atoms with van der Waals surface area (Å²) >= 11 is 0. The summed E-state index contributed by atoms with van der Waals surface area (Å²) in [6.45, 7) is 14.0. The number of amides is 1. The summed E-state index contributed by atoms with van der Waals surface area (Å²) in [4.78, 5) is 26.0. The Balaban J connectivity index is 1.37. The van der Waals surface area contributed by atoms with E-state index in [2.05, 4.69) is 35.9 Å². The van der Waals surface area contributed by atoms with Gasteiger partial charge in [0.25, 0.3) is 5.91 Å². The third-order valence-electron chi connectivity index (χ3n) is 8.02. The van der Waals surface area contributed by atoms with Gasteiger partial charge in [0.1, 0.15) is 11.4 Å². The predicted molar refractivity (Wildman–Crippen MR) is 175 cm³/mol.